The largest absolute Gasteiger partial charge is 0.449 e. The quantitative estimate of drug-likeness (QED) is 0.845. The van der Waals surface area contributed by atoms with Gasteiger partial charge in [-0.15, -0.1) is 0 Å². The third-order valence-corrected chi connectivity index (χ3v) is 3.86. The van der Waals surface area contributed by atoms with Crippen LogP contribution in [0.25, 0.3) is 10.8 Å². The Hall–Kier alpha value is -2.36. The molecule has 2 aromatic rings. The molecule has 1 aliphatic rings. The van der Waals surface area contributed by atoms with E-state index >= 15 is 0 Å². The first-order valence-corrected chi connectivity index (χ1v) is 7.19. The summed E-state index contributed by atoms with van der Waals surface area (Å²) >= 11 is 0. The topological polar surface area (TPSA) is 46.6 Å². The highest BCUT2D eigenvalue weighted by atomic mass is 16.6. The highest BCUT2D eigenvalue weighted by molar-refractivity contribution is 5.95. The van der Waals surface area contributed by atoms with Crippen LogP contribution in [-0.4, -0.2) is 23.5 Å². The molecule has 1 fully saturated rings. The lowest BCUT2D eigenvalue weighted by Gasteiger charge is -2.23. The molecule has 1 aliphatic heterocycles. The number of ether oxygens (including phenoxy) is 1. The van der Waals surface area contributed by atoms with Crippen LogP contribution in [0.5, 0.6) is 0 Å². The average molecular weight is 283 g/mol. The first kappa shape index (κ1) is 13.6. The number of amides is 2. The fourth-order valence-electron chi connectivity index (χ4n) is 2.94. The molecule has 2 amide bonds. The zero-order valence-corrected chi connectivity index (χ0v) is 11.9. The maximum Gasteiger partial charge on any atom is 0.417 e. The summed E-state index contributed by atoms with van der Waals surface area (Å²) < 4.78 is 5.03. The predicted octanol–water partition coefficient (Wildman–Crippen LogP) is 3.66. The highest BCUT2D eigenvalue weighted by Gasteiger charge is 2.38. The molecule has 0 spiro atoms. The molecule has 0 aromatic heterocycles. The average Bonchev–Trinajstić information content (AvgIpc) is 2.88. The van der Waals surface area contributed by atoms with Gasteiger partial charge in [-0.05, 0) is 29.7 Å². The van der Waals surface area contributed by atoms with E-state index in [4.69, 9.17) is 4.74 Å². The van der Waals surface area contributed by atoms with Crippen molar-refractivity contribution in [2.75, 3.05) is 6.61 Å². The van der Waals surface area contributed by atoms with Gasteiger partial charge >= 0.3 is 6.09 Å². The number of fused-ring (bicyclic) bond motifs is 1. The molecule has 4 heteroatoms. The lowest BCUT2D eigenvalue weighted by Crippen LogP contribution is -2.34. The minimum absolute atomic E-state index is 0.161. The number of benzene rings is 2. The molecule has 4 nitrogen and oxygen atoms in total. The number of hydrogen-bond acceptors (Lipinski definition) is 3. The molecule has 1 unspecified atom stereocenters. The van der Waals surface area contributed by atoms with Gasteiger partial charge in [0.05, 0.1) is 12.6 Å². The zero-order valence-electron chi connectivity index (χ0n) is 11.9. The van der Waals surface area contributed by atoms with Gasteiger partial charge in [0.1, 0.15) is 0 Å². The molecule has 3 rings (SSSR count). The second-order valence-electron chi connectivity index (χ2n) is 5.09. The molecule has 1 heterocycles. The van der Waals surface area contributed by atoms with Crippen LogP contribution in [0.15, 0.2) is 42.5 Å². The van der Waals surface area contributed by atoms with Crippen molar-refractivity contribution in [1.29, 1.82) is 0 Å². The lowest BCUT2D eigenvalue weighted by atomic mass is 9.97. The van der Waals surface area contributed by atoms with Crippen LogP contribution in [0.4, 0.5) is 4.79 Å². The van der Waals surface area contributed by atoms with Gasteiger partial charge < -0.3 is 4.74 Å². The highest BCUT2D eigenvalue weighted by Crippen LogP contribution is 2.36. The van der Waals surface area contributed by atoms with Gasteiger partial charge in [0.25, 0.3) is 0 Å². The Labute approximate surface area is 123 Å². The van der Waals surface area contributed by atoms with E-state index in [9.17, 15) is 9.59 Å². The smallest absolute Gasteiger partial charge is 0.417 e. The van der Waals surface area contributed by atoms with Gasteiger partial charge in [-0.1, -0.05) is 42.5 Å². The number of carbonyl (C=O) groups is 2. The van der Waals surface area contributed by atoms with Gasteiger partial charge in [-0.3, -0.25) is 4.79 Å². The van der Waals surface area contributed by atoms with Crippen LogP contribution in [0.3, 0.4) is 0 Å². The molecule has 0 N–H and O–H groups in total. The van der Waals surface area contributed by atoms with E-state index in [1.165, 1.54) is 4.90 Å². The minimum atomic E-state index is -0.544. The van der Waals surface area contributed by atoms with E-state index in [0.717, 1.165) is 16.3 Å². The second kappa shape index (κ2) is 5.56. The summed E-state index contributed by atoms with van der Waals surface area (Å²) in [5.41, 5.74) is 1.01. The Morgan fingerprint density at radius 3 is 2.81 bits per heavy atom. The van der Waals surface area contributed by atoms with Gasteiger partial charge in [0.15, 0.2) is 0 Å². The number of carbonyl (C=O) groups excluding carboxylic acids is 2. The summed E-state index contributed by atoms with van der Waals surface area (Å²) in [6.07, 6.45) is 0.483. The first-order valence-electron chi connectivity index (χ1n) is 7.19. The zero-order chi connectivity index (χ0) is 14.8. The van der Waals surface area contributed by atoms with Crippen molar-refractivity contribution in [3.8, 4) is 0 Å². The van der Waals surface area contributed by atoms with E-state index in [1.807, 2.05) is 42.5 Å². The Morgan fingerprint density at radius 2 is 2.00 bits per heavy atom. The molecular formula is C17H17NO3. The molecule has 0 aliphatic carbocycles. The van der Waals surface area contributed by atoms with Crippen molar-refractivity contribution in [1.82, 2.24) is 4.90 Å². The third kappa shape index (κ3) is 2.37. The van der Waals surface area contributed by atoms with E-state index in [0.29, 0.717) is 12.8 Å². The van der Waals surface area contributed by atoms with Crippen LogP contribution in [0.1, 0.15) is 31.4 Å². The summed E-state index contributed by atoms with van der Waals surface area (Å²) in [7, 11) is 0. The Balaban J connectivity index is 2.05. The maximum absolute atomic E-state index is 12.1. The van der Waals surface area contributed by atoms with Crippen LogP contribution in [0, 0.1) is 0 Å². The second-order valence-corrected chi connectivity index (χ2v) is 5.09. The number of likely N-dealkylation sites (tertiary alicyclic amines) is 1. The Morgan fingerprint density at radius 1 is 1.24 bits per heavy atom. The maximum atomic E-state index is 12.1. The summed E-state index contributed by atoms with van der Waals surface area (Å²) in [6, 6.07) is 13.8. The van der Waals surface area contributed by atoms with Crippen LogP contribution < -0.4 is 0 Å². The third-order valence-electron chi connectivity index (χ3n) is 3.86. The van der Waals surface area contributed by atoms with Crippen molar-refractivity contribution in [3.05, 3.63) is 48.0 Å². The molecule has 0 radical (unpaired) electrons. The van der Waals surface area contributed by atoms with E-state index in [-0.39, 0.29) is 18.6 Å². The Bertz CT molecular complexity index is 690. The molecular weight excluding hydrogens is 266 g/mol. The number of nitrogens with zero attached hydrogens (tertiary/aromatic N) is 1. The summed E-state index contributed by atoms with van der Waals surface area (Å²) in [6.45, 7) is 2.01. The van der Waals surface area contributed by atoms with Crippen molar-refractivity contribution >= 4 is 22.8 Å². The van der Waals surface area contributed by atoms with Crippen molar-refractivity contribution in [3.63, 3.8) is 0 Å². The molecule has 1 saturated heterocycles. The standard InChI is InChI=1S/C17H17NO3/c1-2-21-17(20)18-15(10-11-16(18)19)14-9-5-7-12-6-3-4-8-13(12)14/h3-9,15H,2,10-11H2,1H3. The fourth-order valence-corrected chi connectivity index (χ4v) is 2.94. The van der Waals surface area contributed by atoms with E-state index in [1.54, 1.807) is 6.92 Å². The molecule has 2 aromatic carbocycles. The predicted molar refractivity (Wildman–Crippen MR) is 79.8 cm³/mol. The van der Waals surface area contributed by atoms with Gasteiger partial charge in [-0.2, -0.15) is 0 Å². The van der Waals surface area contributed by atoms with Crippen LogP contribution in [0.2, 0.25) is 0 Å². The molecule has 21 heavy (non-hydrogen) atoms. The Kier molecular flexibility index (Phi) is 3.60. The van der Waals surface area contributed by atoms with Gasteiger partial charge in [-0.25, -0.2) is 9.69 Å². The van der Waals surface area contributed by atoms with Crippen molar-refractivity contribution in [2.45, 2.75) is 25.8 Å². The summed E-state index contributed by atoms with van der Waals surface area (Å²) in [4.78, 5) is 25.4. The molecule has 108 valence electrons. The van der Waals surface area contributed by atoms with Crippen molar-refractivity contribution in [2.24, 2.45) is 0 Å². The summed E-state index contributed by atoms with van der Waals surface area (Å²) in [5.74, 6) is -0.161. The van der Waals surface area contributed by atoms with Gasteiger partial charge in [0.2, 0.25) is 5.91 Å². The normalized spacial score (nSPS) is 18.2. The first-order chi connectivity index (χ1) is 10.2. The summed E-state index contributed by atoms with van der Waals surface area (Å²) in [5, 5.41) is 2.19. The van der Waals surface area contributed by atoms with Crippen LogP contribution in [-0.2, 0) is 9.53 Å². The van der Waals surface area contributed by atoms with Crippen LogP contribution >= 0.6 is 0 Å². The lowest BCUT2D eigenvalue weighted by molar-refractivity contribution is -0.127. The van der Waals surface area contributed by atoms with E-state index < -0.39 is 6.09 Å². The minimum Gasteiger partial charge on any atom is -0.449 e. The molecule has 0 saturated carbocycles. The monoisotopic (exact) mass is 283 g/mol. The molecule has 1 atom stereocenters. The number of rotatable bonds is 2. The molecule has 0 bridgehead atoms. The SMILES string of the molecule is CCOC(=O)N1C(=O)CCC1c1cccc2ccccc12. The van der Waals surface area contributed by atoms with Gasteiger partial charge in [0, 0.05) is 6.42 Å². The fraction of sp³-hybridized carbons (Fsp3) is 0.294. The van der Waals surface area contributed by atoms with Crippen molar-refractivity contribution < 1.29 is 14.3 Å². The van der Waals surface area contributed by atoms with E-state index in [2.05, 4.69) is 0 Å². The number of hydrogen-bond donors (Lipinski definition) is 0. The number of imide groups is 1.